The predicted molar refractivity (Wildman–Crippen MR) is 123 cm³/mol. The van der Waals surface area contributed by atoms with Crippen LogP contribution in [0.5, 0.6) is 0 Å². The molecule has 1 atom stereocenters. The van der Waals surface area contributed by atoms with Gasteiger partial charge in [-0.2, -0.15) is 0 Å². The van der Waals surface area contributed by atoms with Crippen LogP contribution < -0.4 is 11.5 Å². The second-order valence-electron chi connectivity index (χ2n) is 8.10. The van der Waals surface area contributed by atoms with Crippen molar-refractivity contribution in [1.29, 1.82) is 5.41 Å². The molecule has 0 spiro atoms. The first-order chi connectivity index (χ1) is 13.1. The van der Waals surface area contributed by atoms with E-state index in [0.29, 0.717) is 17.5 Å². The minimum absolute atomic E-state index is 0.271. The summed E-state index contributed by atoms with van der Waals surface area (Å²) < 4.78 is 0. The van der Waals surface area contributed by atoms with E-state index >= 15 is 0 Å². The fourth-order valence-corrected chi connectivity index (χ4v) is 3.71. The summed E-state index contributed by atoms with van der Waals surface area (Å²) in [4.78, 5) is 5.02. The second kappa shape index (κ2) is 11.0. The highest BCUT2D eigenvalue weighted by molar-refractivity contribution is 5.86. The molecule has 0 saturated heterocycles. The average Bonchev–Trinajstić information content (AvgIpc) is 2.66. The number of allylic oxidation sites excluding steroid dienone is 6. The largest absolute Gasteiger partial charge is 0.402 e. The number of hydrogen-bond donors (Lipinski definition) is 3. The van der Waals surface area contributed by atoms with E-state index in [0.717, 1.165) is 46.5 Å². The first-order valence-corrected chi connectivity index (χ1v) is 10.2. The summed E-state index contributed by atoms with van der Waals surface area (Å²) in [6.07, 6.45) is 7.93. The van der Waals surface area contributed by atoms with E-state index in [1.807, 2.05) is 33.8 Å². The van der Waals surface area contributed by atoms with Gasteiger partial charge in [0.1, 0.15) is 0 Å². The van der Waals surface area contributed by atoms with E-state index in [4.69, 9.17) is 21.9 Å². The maximum Gasteiger partial charge on any atom is 0.0669 e. The molecule has 0 aromatic heterocycles. The zero-order valence-corrected chi connectivity index (χ0v) is 18.5. The van der Waals surface area contributed by atoms with Crippen LogP contribution in [-0.2, 0) is 0 Å². The Balaban J connectivity index is 3.28. The van der Waals surface area contributed by atoms with Crippen molar-refractivity contribution in [3.8, 4) is 0 Å². The molecule has 1 fully saturated rings. The lowest BCUT2D eigenvalue weighted by atomic mass is 9.77. The van der Waals surface area contributed by atoms with E-state index in [-0.39, 0.29) is 6.04 Å². The highest BCUT2D eigenvalue weighted by Gasteiger charge is 2.25. The van der Waals surface area contributed by atoms with E-state index in [1.54, 1.807) is 0 Å². The van der Waals surface area contributed by atoms with Gasteiger partial charge in [-0.1, -0.05) is 6.58 Å². The average molecular weight is 383 g/mol. The number of rotatable bonds is 7. The molecular weight excluding hydrogens is 344 g/mol. The van der Waals surface area contributed by atoms with Crippen LogP contribution in [0.4, 0.5) is 0 Å². The summed E-state index contributed by atoms with van der Waals surface area (Å²) in [5, 5.41) is 7.66. The first-order valence-electron chi connectivity index (χ1n) is 10.2. The van der Waals surface area contributed by atoms with Gasteiger partial charge in [-0.05, 0) is 102 Å². The van der Waals surface area contributed by atoms with Crippen LogP contribution in [0.3, 0.4) is 0 Å². The molecule has 154 valence electrons. The molecule has 1 aliphatic rings. The molecule has 0 aromatic carbocycles. The van der Waals surface area contributed by atoms with Gasteiger partial charge < -0.3 is 16.9 Å². The molecule has 1 unspecified atom stereocenters. The summed E-state index contributed by atoms with van der Waals surface area (Å²) >= 11 is 0. The normalized spacial score (nSPS) is 24.0. The number of aliphatic imine (C=N–C) groups is 1. The Kier molecular flexibility index (Phi) is 9.37. The van der Waals surface area contributed by atoms with Gasteiger partial charge in [-0.25, -0.2) is 0 Å². The highest BCUT2D eigenvalue weighted by Crippen LogP contribution is 2.32. The molecule has 0 aromatic rings. The summed E-state index contributed by atoms with van der Waals surface area (Å²) in [6.45, 7) is 15.8. The second-order valence-corrected chi connectivity index (χ2v) is 8.10. The quantitative estimate of drug-likeness (QED) is 0.311. The minimum Gasteiger partial charge on any atom is -0.402 e. The van der Waals surface area contributed by atoms with Crippen LogP contribution in [0.1, 0.15) is 67.2 Å². The Bertz CT molecular complexity index is 743. The van der Waals surface area contributed by atoms with E-state index in [9.17, 15) is 0 Å². The van der Waals surface area contributed by atoms with Crippen molar-refractivity contribution in [2.75, 3.05) is 0 Å². The van der Waals surface area contributed by atoms with Crippen molar-refractivity contribution in [1.82, 2.24) is 0 Å². The van der Waals surface area contributed by atoms with Crippen molar-refractivity contribution in [3.63, 3.8) is 0 Å². The van der Waals surface area contributed by atoms with Crippen LogP contribution in [0, 0.1) is 17.2 Å². The zero-order valence-electron chi connectivity index (χ0n) is 18.5. The Morgan fingerprint density at radius 1 is 1.14 bits per heavy atom. The first kappa shape index (κ1) is 23.9. The van der Waals surface area contributed by atoms with Crippen LogP contribution in [0.25, 0.3) is 0 Å². The van der Waals surface area contributed by atoms with Gasteiger partial charge in [-0.3, -0.25) is 4.99 Å². The maximum atomic E-state index is 7.66. The highest BCUT2D eigenvalue weighted by atomic mass is 14.8. The van der Waals surface area contributed by atoms with Gasteiger partial charge in [0.25, 0.3) is 0 Å². The van der Waals surface area contributed by atoms with Crippen molar-refractivity contribution in [2.24, 2.45) is 28.3 Å². The minimum atomic E-state index is 0.271. The van der Waals surface area contributed by atoms with Crippen LogP contribution in [0.15, 0.2) is 57.1 Å². The summed E-state index contributed by atoms with van der Waals surface area (Å²) in [7, 11) is 0. The van der Waals surface area contributed by atoms with Gasteiger partial charge in [-0.15, -0.1) is 5.73 Å². The molecule has 0 amide bonds. The third-order valence-electron chi connectivity index (χ3n) is 5.96. The molecule has 5 N–H and O–H groups in total. The number of nitrogens with one attached hydrogen (secondary N) is 1. The van der Waals surface area contributed by atoms with Crippen molar-refractivity contribution in [3.05, 3.63) is 52.1 Å². The molecule has 4 heteroatoms. The van der Waals surface area contributed by atoms with Gasteiger partial charge in [0.2, 0.25) is 0 Å². The molecule has 0 heterocycles. The SMILES string of the molecule is C=C=C(C)/C(C)=C(/C=C(C)/C(C=N)=C(\C)N)N=C(C)C1CCC(C(C)N)CC1. The van der Waals surface area contributed by atoms with Gasteiger partial charge in [0, 0.05) is 29.2 Å². The Hall–Kier alpha value is -2.16. The fraction of sp³-hybridized carbons (Fsp3) is 0.542. The Labute approximate surface area is 171 Å². The fourth-order valence-electron chi connectivity index (χ4n) is 3.71. The summed E-state index contributed by atoms with van der Waals surface area (Å²) in [5.74, 6) is 1.12. The molecule has 28 heavy (non-hydrogen) atoms. The van der Waals surface area contributed by atoms with Crippen molar-refractivity contribution >= 4 is 11.9 Å². The lowest BCUT2D eigenvalue weighted by Gasteiger charge is -2.30. The summed E-state index contributed by atoms with van der Waals surface area (Å²) in [5.41, 5.74) is 21.3. The molecule has 0 bridgehead atoms. The molecule has 0 aliphatic heterocycles. The standard InChI is InChI=1S/C24H38N4/c1-8-15(2)17(4)24(13-16(3)23(14-25)19(6)27)28-20(7)22-11-9-21(10-12-22)18(5)26/h13-14,18,21-22,25H,1,9-12,26-27H2,2-7H3/b16-13+,23-19+,24-17-,25-14?,28-20?. The van der Waals surface area contributed by atoms with E-state index in [1.165, 1.54) is 19.1 Å². The number of nitrogens with zero attached hydrogens (tertiary/aromatic N) is 1. The lowest BCUT2D eigenvalue weighted by molar-refractivity contribution is 0.287. The lowest BCUT2D eigenvalue weighted by Crippen LogP contribution is -2.31. The molecular formula is C24H38N4. The smallest absolute Gasteiger partial charge is 0.0669 e. The van der Waals surface area contributed by atoms with E-state index in [2.05, 4.69) is 26.2 Å². The zero-order chi connectivity index (χ0) is 21.4. The monoisotopic (exact) mass is 382 g/mol. The van der Waals surface area contributed by atoms with Crippen molar-refractivity contribution < 1.29 is 0 Å². The molecule has 1 saturated carbocycles. The molecule has 0 radical (unpaired) electrons. The molecule has 1 rings (SSSR count). The topological polar surface area (TPSA) is 88.2 Å². The maximum absolute atomic E-state index is 7.66. The number of hydrogen-bond acceptors (Lipinski definition) is 4. The van der Waals surface area contributed by atoms with Gasteiger partial charge in [0.15, 0.2) is 0 Å². The Morgan fingerprint density at radius 2 is 1.71 bits per heavy atom. The van der Waals surface area contributed by atoms with Crippen LogP contribution in [-0.4, -0.2) is 18.0 Å². The van der Waals surface area contributed by atoms with Gasteiger partial charge >= 0.3 is 0 Å². The number of nitrogens with two attached hydrogens (primary N) is 2. The third kappa shape index (κ3) is 6.47. The van der Waals surface area contributed by atoms with E-state index < -0.39 is 0 Å². The van der Waals surface area contributed by atoms with Crippen LogP contribution >= 0.6 is 0 Å². The Morgan fingerprint density at radius 3 is 2.14 bits per heavy atom. The molecule has 4 nitrogen and oxygen atoms in total. The third-order valence-corrected chi connectivity index (χ3v) is 5.96. The molecule has 1 aliphatic carbocycles. The summed E-state index contributed by atoms with van der Waals surface area (Å²) in [6, 6.07) is 0.271. The van der Waals surface area contributed by atoms with Gasteiger partial charge in [0.05, 0.1) is 5.70 Å². The van der Waals surface area contributed by atoms with Crippen molar-refractivity contribution in [2.45, 2.75) is 73.3 Å². The predicted octanol–water partition coefficient (Wildman–Crippen LogP) is 5.43. The van der Waals surface area contributed by atoms with Crippen LogP contribution in [0.2, 0.25) is 0 Å².